The lowest BCUT2D eigenvalue weighted by Crippen LogP contribution is -2.40. The number of aromatic nitrogens is 1. The largest absolute Gasteiger partial charge is 0.741 e. The first-order chi connectivity index (χ1) is 16.2. The fraction of sp³-hybridized carbons (Fsp3) is 0.174. The molecule has 3 rings (SSSR count). The maximum atomic E-state index is 12.6. The van der Waals surface area contributed by atoms with Gasteiger partial charge in [-0.1, -0.05) is 39.7 Å². The van der Waals surface area contributed by atoms with Crippen molar-refractivity contribution in [2.45, 2.75) is 18.3 Å². The van der Waals surface area contributed by atoms with E-state index in [1.165, 1.54) is 0 Å². The van der Waals surface area contributed by atoms with E-state index in [4.69, 9.17) is 24.6 Å². The highest BCUT2D eigenvalue weighted by atomic mass is 79.9. The minimum absolute atomic E-state index is 0.0126. The third kappa shape index (κ3) is 8.53. The lowest BCUT2D eigenvalue weighted by molar-refractivity contribution is -0.685. The molecule has 0 fully saturated rings. The van der Waals surface area contributed by atoms with E-state index in [9.17, 15) is 22.8 Å². The summed E-state index contributed by atoms with van der Waals surface area (Å²) in [4.78, 5) is 25.1. The quantitative estimate of drug-likeness (QED) is 0.177. The van der Waals surface area contributed by atoms with Crippen molar-refractivity contribution in [1.82, 2.24) is 0 Å². The van der Waals surface area contributed by atoms with Crippen LogP contribution in [-0.4, -0.2) is 30.0 Å². The Balaban J connectivity index is 0.000000466. The normalized spacial score (nSPS) is 11.4. The Morgan fingerprint density at radius 2 is 1.26 bits per heavy atom. The van der Waals surface area contributed by atoms with Crippen molar-refractivity contribution in [2.75, 3.05) is 0 Å². The molecule has 0 amide bonds. The van der Waals surface area contributed by atoms with Crippen molar-refractivity contribution in [3.8, 4) is 0 Å². The summed E-state index contributed by atoms with van der Waals surface area (Å²) >= 11 is 9.25. The highest BCUT2D eigenvalue weighted by Crippen LogP contribution is 2.20. The summed E-state index contributed by atoms with van der Waals surface area (Å²) in [5, 5.41) is 0.602. The number of benzene rings is 2. The Bertz CT molecular complexity index is 1230. The summed E-state index contributed by atoms with van der Waals surface area (Å²) in [6.45, 7) is 0. The van der Waals surface area contributed by atoms with Crippen LogP contribution in [-0.2, 0) is 30.0 Å². The van der Waals surface area contributed by atoms with E-state index in [1.807, 2.05) is 41.9 Å². The topological polar surface area (TPSA) is 95.2 Å². The number of alkyl halides is 3. The summed E-state index contributed by atoms with van der Waals surface area (Å²) in [6.07, 6.45) is 0.541. The van der Waals surface area contributed by atoms with Crippen LogP contribution < -0.4 is 4.57 Å². The van der Waals surface area contributed by atoms with E-state index in [2.05, 4.69) is 15.9 Å². The van der Waals surface area contributed by atoms with Gasteiger partial charge in [-0.25, -0.2) is 13.0 Å². The average Bonchev–Trinajstić information content (AvgIpc) is 2.76. The van der Waals surface area contributed by atoms with E-state index in [-0.39, 0.29) is 24.4 Å². The van der Waals surface area contributed by atoms with Gasteiger partial charge >= 0.3 is 5.51 Å². The Labute approximate surface area is 213 Å². The Morgan fingerprint density at radius 1 is 0.886 bits per heavy atom. The van der Waals surface area contributed by atoms with Gasteiger partial charge in [0.2, 0.25) is 0 Å². The molecule has 0 N–H and O–H groups in total. The van der Waals surface area contributed by atoms with Gasteiger partial charge in [0.05, 0.1) is 12.8 Å². The second-order valence-corrected chi connectivity index (χ2v) is 9.90. The van der Waals surface area contributed by atoms with Crippen LogP contribution in [0.2, 0.25) is 5.02 Å². The molecule has 0 radical (unpaired) electrons. The first-order valence-corrected chi connectivity index (χ1v) is 12.3. The van der Waals surface area contributed by atoms with Crippen molar-refractivity contribution in [3.05, 3.63) is 98.7 Å². The average molecular weight is 593 g/mol. The molecule has 0 bridgehead atoms. The van der Waals surface area contributed by atoms with Gasteiger partial charge in [-0.2, -0.15) is 13.2 Å². The molecule has 0 unspecified atom stereocenters. The highest BCUT2D eigenvalue weighted by molar-refractivity contribution is 9.10. The van der Waals surface area contributed by atoms with E-state index in [0.717, 1.165) is 15.9 Å². The number of halogens is 5. The highest BCUT2D eigenvalue weighted by Gasteiger charge is 2.36. The van der Waals surface area contributed by atoms with Crippen molar-refractivity contribution in [1.29, 1.82) is 0 Å². The molecular formula is C23H18BrClF3NO5S. The van der Waals surface area contributed by atoms with Crippen LogP contribution in [0.15, 0.2) is 71.2 Å². The van der Waals surface area contributed by atoms with Gasteiger partial charge in [0.1, 0.15) is 7.05 Å². The summed E-state index contributed by atoms with van der Waals surface area (Å²) in [7, 11) is -4.21. The first-order valence-electron chi connectivity index (χ1n) is 9.75. The number of Topliss-reactive ketones (excluding diaryl/α,β-unsaturated/α-hetero) is 2. The molecule has 0 aliphatic carbocycles. The summed E-state index contributed by atoms with van der Waals surface area (Å²) in [6, 6.07) is 19.9. The molecule has 0 aliphatic heterocycles. The summed E-state index contributed by atoms with van der Waals surface area (Å²) in [5.41, 5.74) is -2.63. The number of carbonyl (C=O) groups excluding carboxylic acids is 2. The standard InChI is InChI=1S/C22H18BrClNO2.CHF3O3S/c1-25-19(13-21(26)15-5-9-17(23)10-6-15)3-2-4-20(25)14-22(27)16-7-11-18(24)12-8-16;2-1(3,4)8(5,6)7/h2-12H,13-14H2,1H3;(H,5,6,7)/q+1;/p-1. The minimum Gasteiger partial charge on any atom is -0.741 e. The number of pyridine rings is 1. The maximum Gasteiger partial charge on any atom is 0.485 e. The van der Waals surface area contributed by atoms with Gasteiger partial charge in [-0.15, -0.1) is 0 Å². The number of hydrogen-bond donors (Lipinski definition) is 0. The molecule has 35 heavy (non-hydrogen) atoms. The predicted octanol–water partition coefficient (Wildman–Crippen LogP) is 4.83. The molecule has 6 nitrogen and oxygen atoms in total. The number of carbonyl (C=O) groups is 2. The van der Waals surface area contributed by atoms with Crippen molar-refractivity contribution >= 4 is 49.2 Å². The molecule has 186 valence electrons. The van der Waals surface area contributed by atoms with Gasteiger partial charge < -0.3 is 4.55 Å². The smallest absolute Gasteiger partial charge is 0.485 e. The fourth-order valence-corrected chi connectivity index (χ4v) is 3.23. The van der Waals surface area contributed by atoms with Crippen LogP contribution in [0.4, 0.5) is 13.2 Å². The van der Waals surface area contributed by atoms with Crippen LogP contribution in [0.25, 0.3) is 0 Å². The molecule has 12 heteroatoms. The van der Waals surface area contributed by atoms with E-state index in [0.29, 0.717) is 16.1 Å². The van der Waals surface area contributed by atoms with Gasteiger partial charge in [-0.3, -0.25) is 9.59 Å². The van der Waals surface area contributed by atoms with Gasteiger partial charge in [-0.05, 0) is 42.5 Å². The molecular weight excluding hydrogens is 575 g/mol. The van der Waals surface area contributed by atoms with E-state index in [1.54, 1.807) is 36.4 Å². The Kier molecular flexibility index (Phi) is 9.73. The van der Waals surface area contributed by atoms with Crippen LogP contribution in [0.3, 0.4) is 0 Å². The Hall–Kier alpha value is -2.60. The van der Waals surface area contributed by atoms with Crippen molar-refractivity contribution in [3.63, 3.8) is 0 Å². The van der Waals surface area contributed by atoms with E-state index < -0.39 is 15.6 Å². The zero-order valence-electron chi connectivity index (χ0n) is 18.1. The molecule has 0 saturated carbocycles. The first kappa shape index (κ1) is 28.6. The predicted molar refractivity (Wildman–Crippen MR) is 125 cm³/mol. The van der Waals surface area contributed by atoms with Gasteiger partial charge in [0.15, 0.2) is 33.1 Å². The lowest BCUT2D eigenvalue weighted by atomic mass is 10.0. The molecule has 1 heterocycles. The zero-order chi connectivity index (χ0) is 26.4. The van der Waals surface area contributed by atoms with E-state index >= 15 is 0 Å². The number of nitrogens with zero attached hydrogens (tertiary/aromatic N) is 1. The molecule has 0 spiro atoms. The van der Waals surface area contributed by atoms with Gasteiger partial charge in [0.25, 0.3) is 0 Å². The van der Waals surface area contributed by atoms with Crippen LogP contribution in [0.1, 0.15) is 32.1 Å². The van der Waals surface area contributed by atoms with Crippen molar-refractivity contribution in [2.24, 2.45) is 7.05 Å². The fourth-order valence-electron chi connectivity index (χ4n) is 2.84. The van der Waals surface area contributed by atoms with Crippen LogP contribution in [0, 0.1) is 0 Å². The second-order valence-electron chi connectivity index (χ2n) is 7.18. The molecule has 3 aromatic rings. The Morgan fingerprint density at radius 3 is 1.63 bits per heavy atom. The van der Waals surface area contributed by atoms with Gasteiger partial charge in [0, 0.05) is 32.8 Å². The molecule has 0 aliphatic rings. The number of rotatable bonds is 6. The lowest BCUT2D eigenvalue weighted by Gasteiger charge is -2.08. The zero-order valence-corrected chi connectivity index (χ0v) is 21.2. The molecule has 2 aromatic carbocycles. The third-order valence-electron chi connectivity index (χ3n) is 4.74. The molecule has 0 atom stereocenters. The molecule has 0 saturated heterocycles. The third-order valence-corrected chi connectivity index (χ3v) is 6.09. The minimum atomic E-state index is -6.09. The number of ketones is 2. The molecule has 1 aromatic heterocycles. The second kappa shape index (κ2) is 11.9. The monoisotopic (exact) mass is 591 g/mol. The summed E-state index contributed by atoms with van der Waals surface area (Å²) in [5.74, 6) is 0.0536. The van der Waals surface area contributed by atoms with Crippen LogP contribution in [0.5, 0.6) is 0 Å². The maximum absolute atomic E-state index is 12.6. The van der Waals surface area contributed by atoms with Crippen molar-refractivity contribution < 1.29 is 40.3 Å². The number of hydrogen-bond acceptors (Lipinski definition) is 5. The summed E-state index contributed by atoms with van der Waals surface area (Å²) < 4.78 is 61.8. The van der Waals surface area contributed by atoms with Crippen LogP contribution >= 0.6 is 27.5 Å². The SMILES string of the molecule is C[n+]1c(CC(=O)c2ccc(Cl)cc2)cccc1CC(=O)c1ccc(Br)cc1.O=S(=O)([O-])C(F)(F)F.